The summed E-state index contributed by atoms with van der Waals surface area (Å²) in [6.45, 7) is 4.11. The van der Waals surface area contributed by atoms with Crippen LogP contribution in [0.1, 0.15) is 28.8 Å². The summed E-state index contributed by atoms with van der Waals surface area (Å²) in [4.78, 5) is 41.1. The monoisotopic (exact) mass is 449 g/mol. The lowest BCUT2D eigenvalue weighted by molar-refractivity contribution is -0.123. The Balaban J connectivity index is 1.16. The lowest BCUT2D eigenvalue weighted by Crippen LogP contribution is -2.50. The van der Waals surface area contributed by atoms with Crippen molar-refractivity contribution in [1.82, 2.24) is 20.4 Å². The van der Waals surface area contributed by atoms with Gasteiger partial charge in [0.1, 0.15) is 0 Å². The number of hydrogen-bond donors (Lipinski definition) is 3. The predicted molar refractivity (Wildman–Crippen MR) is 127 cm³/mol. The Morgan fingerprint density at radius 2 is 1.48 bits per heavy atom. The zero-order valence-electron chi connectivity index (χ0n) is 18.8. The van der Waals surface area contributed by atoms with Gasteiger partial charge in [0, 0.05) is 50.0 Å². The zero-order chi connectivity index (χ0) is 23.0. The van der Waals surface area contributed by atoms with E-state index in [9.17, 15) is 14.4 Å². The molecular weight excluding hydrogens is 418 g/mol. The number of benzene rings is 2. The van der Waals surface area contributed by atoms with E-state index < -0.39 is 0 Å². The molecule has 174 valence electrons. The smallest absolute Gasteiger partial charge is 0.251 e. The lowest BCUT2D eigenvalue weighted by atomic mass is 10.2. The Hall–Kier alpha value is -3.23. The van der Waals surface area contributed by atoms with Crippen molar-refractivity contribution in [3.63, 3.8) is 0 Å². The molecule has 1 saturated heterocycles. The summed E-state index contributed by atoms with van der Waals surface area (Å²) in [7, 11) is 0. The second kappa shape index (κ2) is 11.1. The normalized spacial score (nSPS) is 16.7. The average molecular weight is 450 g/mol. The number of nitrogens with one attached hydrogen (secondary N) is 3. The molecule has 1 aliphatic heterocycles. The highest BCUT2D eigenvalue weighted by atomic mass is 16.2. The predicted octanol–water partition coefficient (Wildman–Crippen LogP) is 1.45. The molecule has 8 nitrogen and oxygen atoms in total. The Bertz CT molecular complexity index is 969. The van der Waals surface area contributed by atoms with Crippen molar-refractivity contribution in [1.29, 1.82) is 0 Å². The summed E-state index contributed by atoms with van der Waals surface area (Å²) in [6, 6.07) is 17.2. The highest BCUT2D eigenvalue weighted by Crippen LogP contribution is 2.20. The summed E-state index contributed by atoms with van der Waals surface area (Å²) < 4.78 is 0. The van der Waals surface area contributed by atoms with Gasteiger partial charge in [-0.3, -0.25) is 24.2 Å². The van der Waals surface area contributed by atoms with Crippen LogP contribution in [-0.4, -0.2) is 72.8 Å². The molecule has 0 spiro atoms. The van der Waals surface area contributed by atoms with E-state index in [2.05, 4.69) is 25.8 Å². The van der Waals surface area contributed by atoms with E-state index in [-0.39, 0.29) is 24.3 Å². The van der Waals surface area contributed by atoms with E-state index in [0.29, 0.717) is 30.4 Å². The number of rotatable bonds is 9. The van der Waals surface area contributed by atoms with E-state index in [1.54, 1.807) is 24.3 Å². The van der Waals surface area contributed by atoms with Crippen LogP contribution in [0.15, 0.2) is 54.6 Å². The molecule has 8 heteroatoms. The van der Waals surface area contributed by atoms with Crippen LogP contribution >= 0.6 is 0 Å². The van der Waals surface area contributed by atoms with Crippen LogP contribution in [-0.2, 0) is 16.1 Å². The molecule has 0 unspecified atom stereocenters. The van der Waals surface area contributed by atoms with Crippen molar-refractivity contribution in [2.75, 3.05) is 44.6 Å². The van der Waals surface area contributed by atoms with E-state index in [0.717, 1.165) is 44.6 Å². The maximum atomic E-state index is 12.5. The van der Waals surface area contributed by atoms with Crippen LogP contribution in [0.5, 0.6) is 0 Å². The zero-order valence-corrected chi connectivity index (χ0v) is 18.8. The van der Waals surface area contributed by atoms with Gasteiger partial charge in [0.2, 0.25) is 11.8 Å². The van der Waals surface area contributed by atoms with Crippen molar-refractivity contribution >= 4 is 23.4 Å². The van der Waals surface area contributed by atoms with Crippen molar-refractivity contribution in [2.45, 2.75) is 25.4 Å². The number of piperazine rings is 1. The Morgan fingerprint density at radius 3 is 2.15 bits per heavy atom. The van der Waals surface area contributed by atoms with E-state index in [4.69, 9.17) is 0 Å². The fourth-order valence-electron chi connectivity index (χ4n) is 3.80. The minimum Gasteiger partial charge on any atom is -0.351 e. The van der Waals surface area contributed by atoms with Gasteiger partial charge < -0.3 is 16.0 Å². The Labute approximate surface area is 194 Å². The van der Waals surface area contributed by atoms with Gasteiger partial charge in [-0.2, -0.15) is 0 Å². The molecule has 2 aromatic carbocycles. The third-order valence-corrected chi connectivity index (χ3v) is 5.85. The van der Waals surface area contributed by atoms with Crippen LogP contribution in [0.4, 0.5) is 5.69 Å². The van der Waals surface area contributed by atoms with Crippen LogP contribution in [0.25, 0.3) is 0 Å². The number of carbonyl (C=O) groups is 3. The molecule has 2 fully saturated rings. The van der Waals surface area contributed by atoms with Gasteiger partial charge >= 0.3 is 0 Å². The fourth-order valence-corrected chi connectivity index (χ4v) is 3.80. The molecule has 1 saturated carbocycles. The molecule has 0 atom stereocenters. The van der Waals surface area contributed by atoms with Gasteiger partial charge in [-0.25, -0.2) is 0 Å². The first-order valence-electron chi connectivity index (χ1n) is 11.5. The van der Waals surface area contributed by atoms with E-state index >= 15 is 0 Å². The topological polar surface area (TPSA) is 93.8 Å². The first kappa shape index (κ1) is 22.9. The van der Waals surface area contributed by atoms with E-state index in [1.807, 2.05) is 30.3 Å². The molecule has 0 aromatic heterocycles. The fraction of sp³-hybridized carbons (Fsp3) is 0.400. The summed E-state index contributed by atoms with van der Waals surface area (Å²) in [5.41, 5.74) is 2.26. The van der Waals surface area contributed by atoms with Crippen molar-refractivity contribution in [2.24, 2.45) is 0 Å². The molecular formula is C25H31N5O3. The van der Waals surface area contributed by atoms with Gasteiger partial charge in [0.15, 0.2) is 0 Å². The van der Waals surface area contributed by atoms with Crippen molar-refractivity contribution in [3.05, 3.63) is 65.7 Å². The van der Waals surface area contributed by atoms with Crippen molar-refractivity contribution in [3.8, 4) is 0 Å². The standard InChI is InChI=1S/C25H31N5O3/c31-23(26-16-19-5-2-1-3-6-19)17-29-11-13-30(14-12-29)18-24(32)27-22-8-4-7-20(15-22)25(33)28-21-9-10-21/h1-8,15,21H,9-14,16-18H2,(H,26,31)(H,27,32)(H,28,33). The highest BCUT2D eigenvalue weighted by molar-refractivity contribution is 5.97. The molecule has 2 aliphatic rings. The van der Waals surface area contributed by atoms with Crippen LogP contribution in [0, 0.1) is 0 Å². The third kappa shape index (κ3) is 7.40. The van der Waals surface area contributed by atoms with E-state index in [1.165, 1.54) is 0 Å². The number of anilines is 1. The largest absolute Gasteiger partial charge is 0.351 e. The van der Waals surface area contributed by atoms with Gasteiger partial charge in [0.05, 0.1) is 13.1 Å². The first-order valence-corrected chi connectivity index (χ1v) is 11.5. The molecule has 1 aliphatic carbocycles. The Morgan fingerprint density at radius 1 is 0.818 bits per heavy atom. The van der Waals surface area contributed by atoms with Gasteiger partial charge in [-0.15, -0.1) is 0 Å². The molecule has 1 heterocycles. The SMILES string of the molecule is O=C(CN1CCN(CC(=O)Nc2cccc(C(=O)NC3CC3)c2)CC1)NCc1ccccc1. The van der Waals surface area contributed by atoms with Crippen LogP contribution in [0.3, 0.4) is 0 Å². The quantitative estimate of drug-likeness (QED) is 0.539. The molecule has 4 rings (SSSR count). The number of hydrogen-bond acceptors (Lipinski definition) is 5. The van der Waals surface area contributed by atoms with Crippen LogP contribution < -0.4 is 16.0 Å². The Kier molecular flexibility index (Phi) is 7.70. The molecule has 2 aromatic rings. The highest BCUT2D eigenvalue weighted by Gasteiger charge is 2.24. The minimum absolute atomic E-state index is 0.00986. The van der Waals surface area contributed by atoms with Crippen LogP contribution in [0.2, 0.25) is 0 Å². The number of nitrogens with zero attached hydrogens (tertiary/aromatic N) is 2. The molecule has 0 bridgehead atoms. The maximum Gasteiger partial charge on any atom is 0.251 e. The maximum absolute atomic E-state index is 12.5. The number of amides is 3. The molecule has 3 amide bonds. The molecule has 0 radical (unpaired) electrons. The summed E-state index contributed by atoms with van der Waals surface area (Å²) in [5.74, 6) is -0.197. The molecule has 3 N–H and O–H groups in total. The minimum atomic E-state index is -0.108. The van der Waals surface area contributed by atoms with Gasteiger partial charge in [-0.1, -0.05) is 36.4 Å². The summed E-state index contributed by atoms with van der Waals surface area (Å²) >= 11 is 0. The second-order valence-electron chi connectivity index (χ2n) is 8.69. The third-order valence-electron chi connectivity index (χ3n) is 5.85. The van der Waals surface area contributed by atoms with Crippen molar-refractivity contribution < 1.29 is 14.4 Å². The summed E-state index contributed by atoms with van der Waals surface area (Å²) in [6.07, 6.45) is 2.07. The molecule has 33 heavy (non-hydrogen) atoms. The van der Waals surface area contributed by atoms with Gasteiger partial charge in [0.25, 0.3) is 5.91 Å². The first-order chi connectivity index (χ1) is 16.0. The number of carbonyl (C=O) groups excluding carboxylic acids is 3. The van der Waals surface area contributed by atoms with Gasteiger partial charge in [-0.05, 0) is 36.6 Å². The second-order valence-corrected chi connectivity index (χ2v) is 8.69. The summed E-state index contributed by atoms with van der Waals surface area (Å²) in [5, 5.41) is 8.80. The lowest BCUT2D eigenvalue weighted by Gasteiger charge is -2.33. The average Bonchev–Trinajstić information content (AvgIpc) is 3.64.